The number of carbonyl (C=O) groups is 1. The highest BCUT2D eigenvalue weighted by atomic mass is 32.1. The number of nitrogens with one attached hydrogen (secondary N) is 1. The van der Waals surface area contributed by atoms with E-state index in [4.69, 9.17) is 0 Å². The van der Waals surface area contributed by atoms with Gasteiger partial charge in [0, 0.05) is 29.4 Å². The van der Waals surface area contributed by atoms with Gasteiger partial charge in [0.25, 0.3) is 5.91 Å². The first-order chi connectivity index (χ1) is 11.8. The van der Waals surface area contributed by atoms with Crippen molar-refractivity contribution < 1.29 is 4.79 Å². The molecule has 0 saturated carbocycles. The van der Waals surface area contributed by atoms with E-state index < -0.39 is 0 Å². The van der Waals surface area contributed by atoms with E-state index in [-0.39, 0.29) is 5.91 Å². The SMILES string of the molecule is CCC1CCCCN1CCCNC(=O)c1csc2c1CCCCC2. The summed E-state index contributed by atoms with van der Waals surface area (Å²) >= 11 is 1.79. The van der Waals surface area contributed by atoms with Crippen LogP contribution in [0, 0.1) is 0 Å². The van der Waals surface area contributed by atoms with Crippen LogP contribution in [0.3, 0.4) is 0 Å². The third-order valence-electron chi connectivity index (χ3n) is 5.68. The van der Waals surface area contributed by atoms with Gasteiger partial charge in [-0.05, 0) is 63.5 Å². The van der Waals surface area contributed by atoms with Crippen LogP contribution in [0.5, 0.6) is 0 Å². The fourth-order valence-electron chi connectivity index (χ4n) is 4.26. The number of likely N-dealkylation sites (tertiary alicyclic amines) is 1. The Labute approximate surface area is 150 Å². The van der Waals surface area contributed by atoms with E-state index in [1.54, 1.807) is 11.3 Å². The molecule has 2 aliphatic rings. The van der Waals surface area contributed by atoms with Crippen LogP contribution in [-0.2, 0) is 12.8 Å². The topological polar surface area (TPSA) is 32.3 Å². The molecule has 0 bridgehead atoms. The van der Waals surface area contributed by atoms with Crippen molar-refractivity contribution in [1.29, 1.82) is 0 Å². The van der Waals surface area contributed by atoms with E-state index >= 15 is 0 Å². The molecule has 24 heavy (non-hydrogen) atoms. The lowest BCUT2D eigenvalue weighted by Gasteiger charge is -2.35. The Hall–Kier alpha value is -0.870. The smallest absolute Gasteiger partial charge is 0.252 e. The highest BCUT2D eigenvalue weighted by Gasteiger charge is 2.21. The Bertz CT molecular complexity index is 540. The van der Waals surface area contributed by atoms with E-state index in [0.717, 1.165) is 37.5 Å². The average molecular weight is 349 g/mol. The maximum Gasteiger partial charge on any atom is 0.252 e. The molecule has 1 fully saturated rings. The van der Waals surface area contributed by atoms with Crippen LogP contribution in [0.15, 0.2) is 5.38 Å². The highest BCUT2D eigenvalue weighted by Crippen LogP contribution is 2.29. The van der Waals surface area contributed by atoms with Crippen LogP contribution in [0.2, 0.25) is 0 Å². The summed E-state index contributed by atoms with van der Waals surface area (Å²) in [6.45, 7) is 5.47. The van der Waals surface area contributed by atoms with Crippen LogP contribution in [0.4, 0.5) is 0 Å². The summed E-state index contributed by atoms with van der Waals surface area (Å²) < 4.78 is 0. The van der Waals surface area contributed by atoms with Crippen LogP contribution in [0.25, 0.3) is 0 Å². The van der Waals surface area contributed by atoms with Gasteiger partial charge in [0.2, 0.25) is 0 Å². The van der Waals surface area contributed by atoms with Gasteiger partial charge in [-0.2, -0.15) is 0 Å². The molecule has 1 saturated heterocycles. The summed E-state index contributed by atoms with van der Waals surface area (Å²) in [5, 5.41) is 5.26. The molecule has 1 N–H and O–H groups in total. The molecular formula is C20H32N2OS. The maximum atomic E-state index is 12.5. The normalized spacial score (nSPS) is 22.0. The number of hydrogen-bond acceptors (Lipinski definition) is 3. The molecule has 3 rings (SSSR count). The fraction of sp³-hybridized carbons (Fsp3) is 0.750. The number of hydrogen-bond donors (Lipinski definition) is 1. The molecule has 0 spiro atoms. The minimum Gasteiger partial charge on any atom is -0.352 e. The summed E-state index contributed by atoms with van der Waals surface area (Å²) in [5.74, 6) is 0.153. The Morgan fingerprint density at radius 2 is 2.12 bits per heavy atom. The van der Waals surface area contributed by atoms with E-state index in [9.17, 15) is 4.79 Å². The van der Waals surface area contributed by atoms with E-state index in [1.165, 1.54) is 68.4 Å². The summed E-state index contributed by atoms with van der Waals surface area (Å²) in [5.41, 5.74) is 2.30. The quantitative estimate of drug-likeness (QED) is 0.610. The second-order valence-electron chi connectivity index (χ2n) is 7.32. The van der Waals surface area contributed by atoms with Crippen molar-refractivity contribution in [3.8, 4) is 0 Å². The van der Waals surface area contributed by atoms with Crippen molar-refractivity contribution >= 4 is 17.2 Å². The van der Waals surface area contributed by atoms with Gasteiger partial charge in [0.1, 0.15) is 0 Å². The molecule has 134 valence electrons. The van der Waals surface area contributed by atoms with Crippen LogP contribution in [0.1, 0.15) is 79.1 Å². The molecule has 1 aromatic heterocycles. The van der Waals surface area contributed by atoms with E-state index in [0.29, 0.717) is 0 Å². The summed E-state index contributed by atoms with van der Waals surface area (Å²) in [7, 11) is 0. The summed E-state index contributed by atoms with van der Waals surface area (Å²) in [6, 6.07) is 0.766. The largest absolute Gasteiger partial charge is 0.352 e. The molecule has 2 heterocycles. The predicted octanol–water partition coefficient (Wildman–Crippen LogP) is 4.40. The number of fused-ring (bicyclic) bond motifs is 1. The lowest BCUT2D eigenvalue weighted by atomic mass is 10.00. The Morgan fingerprint density at radius 1 is 1.25 bits per heavy atom. The first-order valence-electron chi connectivity index (χ1n) is 9.91. The number of thiophene rings is 1. The van der Waals surface area contributed by atoms with E-state index in [1.807, 2.05) is 0 Å². The summed E-state index contributed by atoms with van der Waals surface area (Å²) in [6.07, 6.45) is 12.5. The molecule has 1 atom stereocenters. The number of carbonyl (C=O) groups excluding carboxylic acids is 1. The van der Waals surface area contributed by atoms with Gasteiger partial charge < -0.3 is 10.2 Å². The van der Waals surface area contributed by atoms with Crippen LogP contribution >= 0.6 is 11.3 Å². The maximum absolute atomic E-state index is 12.5. The second kappa shape index (κ2) is 9.00. The number of rotatable bonds is 6. The molecule has 1 aliphatic heterocycles. The number of aryl methyl sites for hydroxylation is 1. The van der Waals surface area contributed by atoms with Gasteiger partial charge in [-0.3, -0.25) is 4.79 Å². The molecule has 1 amide bonds. The van der Waals surface area contributed by atoms with Gasteiger partial charge in [0.05, 0.1) is 5.56 Å². The van der Waals surface area contributed by atoms with Gasteiger partial charge in [0.15, 0.2) is 0 Å². The lowest BCUT2D eigenvalue weighted by Crippen LogP contribution is -2.40. The molecule has 0 aromatic carbocycles. The molecule has 3 nitrogen and oxygen atoms in total. The zero-order chi connectivity index (χ0) is 16.8. The minimum absolute atomic E-state index is 0.153. The van der Waals surface area contributed by atoms with Gasteiger partial charge in [-0.15, -0.1) is 11.3 Å². The Balaban J connectivity index is 1.45. The van der Waals surface area contributed by atoms with Crippen molar-refractivity contribution in [1.82, 2.24) is 10.2 Å². The van der Waals surface area contributed by atoms with Crippen LogP contribution in [-0.4, -0.2) is 36.5 Å². The zero-order valence-electron chi connectivity index (χ0n) is 15.1. The van der Waals surface area contributed by atoms with Gasteiger partial charge in [-0.1, -0.05) is 19.8 Å². The third-order valence-corrected chi connectivity index (χ3v) is 6.77. The van der Waals surface area contributed by atoms with E-state index in [2.05, 4.69) is 22.5 Å². The van der Waals surface area contributed by atoms with Crippen molar-refractivity contribution in [2.24, 2.45) is 0 Å². The molecular weight excluding hydrogens is 316 g/mol. The Morgan fingerprint density at radius 3 is 3.00 bits per heavy atom. The number of amides is 1. The van der Waals surface area contributed by atoms with Crippen molar-refractivity contribution in [3.05, 3.63) is 21.4 Å². The number of nitrogens with zero attached hydrogens (tertiary/aromatic N) is 1. The number of piperidine rings is 1. The molecule has 0 radical (unpaired) electrons. The lowest BCUT2D eigenvalue weighted by molar-refractivity contribution is 0.0947. The van der Waals surface area contributed by atoms with Crippen molar-refractivity contribution in [3.63, 3.8) is 0 Å². The average Bonchev–Trinajstić information content (AvgIpc) is 2.87. The standard InChI is InChI=1S/C20H32N2OS/c1-2-16-9-6-7-13-22(16)14-8-12-21-20(23)18-15-24-19-11-5-3-4-10-17(18)19/h15-16H,2-14H2,1H3,(H,21,23). The second-order valence-corrected chi connectivity index (χ2v) is 8.28. The van der Waals surface area contributed by atoms with Gasteiger partial charge >= 0.3 is 0 Å². The first-order valence-corrected chi connectivity index (χ1v) is 10.8. The monoisotopic (exact) mass is 348 g/mol. The highest BCUT2D eigenvalue weighted by molar-refractivity contribution is 7.10. The Kier molecular flexibility index (Phi) is 6.73. The minimum atomic E-state index is 0.153. The van der Waals surface area contributed by atoms with Crippen LogP contribution < -0.4 is 5.32 Å². The fourth-order valence-corrected chi connectivity index (χ4v) is 5.38. The molecule has 1 unspecified atom stereocenters. The third kappa shape index (κ3) is 4.40. The van der Waals surface area contributed by atoms with Gasteiger partial charge in [-0.25, -0.2) is 0 Å². The predicted molar refractivity (Wildman–Crippen MR) is 102 cm³/mol. The molecule has 1 aliphatic carbocycles. The van der Waals surface area contributed by atoms with Crippen molar-refractivity contribution in [2.45, 2.75) is 77.2 Å². The first kappa shape index (κ1) is 17.9. The summed E-state index contributed by atoms with van der Waals surface area (Å²) in [4.78, 5) is 16.6. The van der Waals surface area contributed by atoms with Crippen molar-refractivity contribution in [2.75, 3.05) is 19.6 Å². The molecule has 4 heteroatoms. The molecule has 1 aromatic rings. The zero-order valence-corrected chi connectivity index (χ0v) is 15.9.